The number of nitrogens with two attached hydrogens (primary N) is 3. The summed E-state index contributed by atoms with van der Waals surface area (Å²) < 4.78 is 4.63. The van der Waals surface area contributed by atoms with E-state index in [1.54, 1.807) is 0 Å². The molecule has 0 saturated heterocycles. The van der Waals surface area contributed by atoms with Crippen molar-refractivity contribution < 1.29 is 9.84 Å². The summed E-state index contributed by atoms with van der Waals surface area (Å²) in [6.07, 6.45) is 2.17. The molecule has 0 atom stereocenters. The van der Waals surface area contributed by atoms with Crippen LogP contribution >= 0.6 is 0 Å². The van der Waals surface area contributed by atoms with Crippen molar-refractivity contribution in [2.75, 3.05) is 30.6 Å². The van der Waals surface area contributed by atoms with Gasteiger partial charge in [0.15, 0.2) is 0 Å². The third-order valence-electron chi connectivity index (χ3n) is 1.42. The van der Waals surface area contributed by atoms with Crippen molar-refractivity contribution in [3.8, 4) is 0 Å². The van der Waals surface area contributed by atoms with Crippen LogP contribution < -0.4 is 17.2 Å². The number of nitrogen functional groups attached to an aromatic ring is 3. The van der Waals surface area contributed by atoms with Crippen molar-refractivity contribution >= 4 is 17.8 Å². The number of unbranched alkanes of at least 4 members (excludes halogenated alkanes) is 1. The van der Waals surface area contributed by atoms with Crippen LogP contribution in [0.15, 0.2) is 0 Å². The Balaban J connectivity index is 0.000000293. The minimum absolute atomic E-state index is 0.0417. The first kappa shape index (κ1) is 14.3. The molecular weight excluding hydrogens is 212 g/mol. The minimum Gasteiger partial charge on any atom is -0.371 e. The van der Waals surface area contributed by atoms with Gasteiger partial charge in [-0.25, -0.2) is 0 Å². The molecule has 16 heavy (non-hydrogen) atoms. The Labute approximate surface area is 93.8 Å². The molecule has 0 aliphatic rings. The van der Waals surface area contributed by atoms with Gasteiger partial charge in [-0.2, -0.15) is 15.0 Å². The number of nitrogens with zero attached hydrogens (tertiary/aromatic N) is 3. The summed E-state index contributed by atoms with van der Waals surface area (Å²) in [7, 11) is 0. The van der Waals surface area contributed by atoms with Crippen LogP contribution in [0.5, 0.6) is 0 Å². The van der Waals surface area contributed by atoms with Crippen LogP contribution in [-0.4, -0.2) is 33.5 Å². The molecule has 0 aliphatic carbocycles. The molecule has 0 amide bonds. The van der Waals surface area contributed by atoms with E-state index in [1.165, 1.54) is 0 Å². The monoisotopic (exact) mass is 230 g/mol. The summed E-state index contributed by atoms with van der Waals surface area (Å²) in [6, 6.07) is 0. The number of hydrogen-bond acceptors (Lipinski definition) is 8. The van der Waals surface area contributed by atoms with Gasteiger partial charge in [0, 0.05) is 6.61 Å². The highest BCUT2D eigenvalue weighted by atomic mass is 16.6. The molecule has 0 aromatic carbocycles. The van der Waals surface area contributed by atoms with E-state index in [4.69, 9.17) is 22.3 Å². The molecule has 8 nitrogen and oxygen atoms in total. The maximum atomic E-state index is 8.07. The maximum absolute atomic E-state index is 8.07. The molecule has 1 heterocycles. The number of rotatable bonds is 4. The fourth-order valence-corrected chi connectivity index (χ4v) is 0.738. The van der Waals surface area contributed by atoms with Gasteiger partial charge < -0.3 is 27.0 Å². The van der Waals surface area contributed by atoms with Gasteiger partial charge in [-0.05, 0) is 6.42 Å². The van der Waals surface area contributed by atoms with Crippen molar-refractivity contribution in [1.82, 2.24) is 15.0 Å². The first-order valence-electron chi connectivity index (χ1n) is 4.81. The molecule has 0 spiro atoms. The van der Waals surface area contributed by atoms with Crippen LogP contribution in [0, 0.1) is 0 Å². The molecule has 0 unspecified atom stereocenters. The van der Waals surface area contributed by atoms with Crippen LogP contribution in [0.4, 0.5) is 17.8 Å². The van der Waals surface area contributed by atoms with E-state index in [-0.39, 0.29) is 24.6 Å². The van der Waals surface area contributed by atoms with E-state index < -0.39 is 0 Å². The van der Waals surface area contributed by atoms with E-state index >= 15 is 0 Å². The SMILES string of the molecule is CCCCOCO.Nc1nc(N)nc(N)n1. The van der Waals surface area contributed by atoms with E-state index in [0.717, 1.165) is 12.8 Å². The average Bonchev–Trinajstić information content (AvgIpc) is 2.17. The summed E-state index contributed by atoms with van der Waals surface area (Å²) in [5.74, 6) is 0.125. The van der Waals surface area contributed by atoms with Crippen molar-refractivity contribution in [3.05, 3.63) is 0 Å². The number of hydrogen-bond donors (Lipinski definition) is 4. The number of aliphatic hydroxyl groups excluding tert-OH is 1. The van der Waals surface area contributed by atoms with Crippen LogP contribution in [0.25, 0.3) is 0 Å². The van der Waals surface area contributed by atoms with Crippen LogP contribution in [0.2, 0.25) is 0 Å². The number of anilines is 3. The summed E-state index contributed by atoms with van der Waals surface area (Å²) in [4.78, 5) is 10.5. The van der Waals surface area contributed by atoms with Gasteiger partial charge in [0.05, 0.1) is 0 Å². The summed E-state index contributed by atoms with van der Waals surface area (Å²) in [5.41, 5.74) is 15.4. The summed E-state index contributed by atoms with van der Waals surface area (Å²) >= 11 is 0. The molecule has 7 N–H and O–H groups in total. The second-order valence-corrected chi connectivity index (χ2v) is 2.80. The standard InChI is InChI=1S/C5H12O2.C3H6N6/c1-2-3-4-7-5-6;4-1-7-2(5)9-3(6)8-1/h6H,2-5H2,1H3;(H6,4,5,6,7,8,9). The number of ether oxygens (including phenoxy) is 1. The Kier molecular flexibility index (Phi) is 7.72. The van der Waals surface area contributed by atoms with Crippen LogP contribution in [0.3, 0.4) is 0 Å². The number of aromatic nitrogens is 3. The summed E-state index contributed by atoms with van der Waals surface area (Å²) in [6.45, 7) is 2.63. The van der Waals surface area contributed by atoms with Gasteiger partial charge in [0.1, 0.15) is 6.79 Å². The smallest absolute Gasteiger partial charge is 0.226 e. The fraction of sp³-hybridized carbons (Fsp3) is 0.625. The molecule has 0 fully saturated rings. The van der Waals surface area contributed by atoms with Crippen molar-refractivity contribution in [2.45, 2.75) is 19.8 Å². The van der Waals surface area contributed by atoms with E-state index in [1.807, 2.05) is 0 Å². The Morgan fingerprint density at radius 1 is 1.06 bits per heavy atom. The van der Waals surface area contributed by atoms with Gasteiger partial charge in [0.25, 0.3) is 0 Å². The quantitative estimate of drug-likeness (QED) is 0.395. The van der Waals surface area contributed by atoms with E-state index in [9.17, 15) is 0 Å². The second-order valence-electron chi connectivity index (χ2n) is 2.80. The molecule has 8 heteroatoms. The number of aliphatic hydroxyl groups is 1. The highest BCUT2D eigenvalue weighted by molar-refractivity contribution is 5.33. The van der Waals surface area contributed by atoms with Gasteiger partial charge in [-0.15, -0.1) is 0 Å². The van der Waals surface area contributed by atoms with Crippen LogP contribution in [-0.2, 0) is 4.74 Å². The Morgan fingerprint density at radius 2 is 1.50 bits per heavy atom. The lowest BCUT2D eigenvalue weighted by atomic mass is 10.4. The molecule has 0 saturated carbocycles. The zero-order chi connectivity index (χ0) is 12.4. The lowest BCUT2D eigenvalue weighted by Crippen LogP contribution is -2.05. The Hall–Kier alpha value is -1.67. The van der Waals surface area contributed by atoms with Crippen molar-refractivity contribution in [2.24, 2.45) is 0 Å². The second kappa shape index (κ2) is 8.62. The lowest BCUT2D eigenvalue weighted by molar-refractivity contribution is -0.00234. The van der Waals surface area contributed by atoms with E-state index in [0.29, 0.717) is 6.61 Å². The molecule has 1 aromatic heterocycles. The zero-order valence-electron chi connectivity index (χ0n) is 9.26. The third-order valence-corrected chi connectivity index (χ3v) is 1.42. The van der Waals surface area contributed by atoms with Gasteiger partial charge in [0.2, 0.25) is 17.8 Å². The van der Waals surface area contributed by atoms with Gasteiger partial charge >= 0.3 is 0 Å². The first-order valence-corrected chi connectivity index (χ1v) is 4.81. The maximum Gasteiger partial charge on any atom is 0.226 e. The highest BCUT2D eigenvalue weighted by Gasteiger charge is 1.93. The average molecular weight is 230 g/mol. The molecule has 0 bridgehead atoms. The molecule has 1 rings (SSSR count). The van der Waals surface area contributed by atoms with Crippen molar-refractivity contribution in [3.63, 3.8) is 0 Å². The van der Waals surface area contributed by atoms with Gasteiger partial charge in [-0.3, -0.25) is 0 Å². The molecule has 1 aromatic rings. The summed E-state index contributed by atoms with van der Waals surface area (Å²) in [5, 5.41) is 8.07. The van der Waals surface area contributed by atoms with Gasteiger partial charge in [-0.1, -0.05) is 13.3 Å². The lowest BCUT2D eigenvalue weighted by Gasteiger charge is -1.94. The van der Waals surface area contributed by atoms with Crippen molar-refractivity contribution in [1.29, 1.82) is 0 Å². The predicted octanol–water partition coefficient (Wildman–Crippen LogP) is -0.629. The Morgan fingerprint density at radius 3 is 1.81 bits per heavy atom. The largest absolute Gasteiger partial charge is 0.371 e. The predicted molar refractivity (Wildman–Crippen MR) is 61.0 cm³/mol. The van der Waals surface area contributed by atoms with Crippen LogP contribution in [0.1, 0.15) is 19.8 Å². The zero-order valence-corrected chi connectivity index (χ0v) is 9.26. The minimum atomic E-state index is -0.139. The molecule has 92 valence electrons. The molecule has 0 aliphatic heterocycles. The normalized spacial score (nSPS) is 9.38. The van der Waals surface area contributed by atoms with E-state index in [2.05, 4.69) is 26.6 Å². The topological polar surface area (TPSA) is 146 Å². The first-order chi connectivity index (χ1) is 7.60. The Bertz CT molecular complexity index is 241. The molecule has 0 radical (unpaired) electrons. The fourth-order valence-electron chi connectivity index (χ4n) is 0.738. The molecular formula is C8H18N6O2. The third kappa shape index (κ3) is 7.71. The highest BCUT2D eigenvalue weighted by Crippen LogP contribution is 1.97.